The number of methoxy groups -OCH3 is 1. The van der Waals surface area contributed by atoms with Gasteiger partial charge in [0.05, 0.1) is 18.4 Å². The van der Waals surface area contributed by atoms with Crippen LogP contribution >= 0.6 is 0 Å². The van der Waals surface area contributed by atoms with E-state index < -0.39 is 11.7 Å². The highest BCUT2D eigenvalue weighted by Crippen LogP contribution is 2.25. The zero-order valence-electron chi connectivity index (χ0n) is 14.3. The maximum absolute atomic E-state index is 13.7. The fraction of sp³-hybridized carbons (Fsp3) is 0.158. The molecule has 0 atom stereocenters. The van der Waals surface area contributed by atoms with Gasteiger partial charge in [-0.2, -0.15) is 0 Å². The van der Waals surface area contributed by atoms with Crippen molar-refractivity contribution in [3.63, 3.8) is 0 Å². The number of hydrogen-bond donors (Lipinski definition) is 1. The lowest BCUT2D eigenvalue weighted by atomic mass is 10.2. The molecule has 1 aromatic heterocycles. The molecule has 0 spiro atoms. The molecule has 2 aromatic carbocycles. The summed E-state index contributed by atoms with van der Waals surface area (Å²) >= 11 is 0. The minimum atomic E-state index is -0.485. The monoisotopic (exact) mass is 356 g/mol. The van der Waals surface area contributed by atoms with E-state index in [9.17, 15) is 9.18 Å². The van der Waals surface area contributed by atoms with Crippen molar-refractivity contribution in [1.29, 1.82) is 0 Å². The van der Waals surface area contributed by atoms with Crippen LogP contribution in [0, 0.1) is 12.7 Å². The van der Waals surface area contributed by atoms with Crippen molar-refractivity contribution in [3.05, 3.63) is 71.4 Å². The third kappa shape index (κ3) is 3.66. The Bertz CT molecular complexity index is 923. The molecule has 6 nitrogen and oxygen atoms in total. The van der Waals surface area contributed by atoms with Crippen molar-refractivity contribution < 1.29 is 23.2 Å². The molecule has 0 fully saturated rings. The summed E-state index contributed by atoms with van der Waals surface area (Å²) in [4.78, 5) is 12.6. The fourth-order valence-electron chi connectivity index (χ4n) is 2.38. The van der Waals surface area contributed by atoms with Gasteiger partial charge in [0.1, 0.15) is 18.1 Å². The number of para-hydroxylation sites is 3. The van der Waals surface area contributed by atoms with Gasteiger partial charge < -0.3 is 19.3 Å². The van der Waals surface area contributed by atoms with Crippen molar-refractivity contribution in [1.82, 2.24) is 5.16 Å². The van der Waals surface area contributed by atoms with Crippen molar-refractivity contribution in [3.8, 4) is 11.5 Å². The van der Waals surface area contributed by atoms with Crippen molar-refractivity contribution in [2.24, 2.45) is 0 Å². The zero-order valence-corrected chi connectivity index (χ0v) is 14.3. The van der Waals surface area contributed by atoms with Crippen molar-refractivity contribution in [2.75, 3.05) is 12.4 Å². The van der Waals surface area contributed by atoms with E-state index in [4.69, 9.17) is 14.0 Å². The Morgan fingerprint density at radius 1 is 1.15 bits per heavy atom. The summed E-state index contributed by atoms with van der Waals surface area (Å²) in [5, 5.41) is 6.53. The SMILES string of the molecule is COc1ccccc1NC(=O)c1noc(C)c1COc1ccccc1F. The van der Waals surface area contributed by atoms with Crippen LogP contribution in [0.5, 0.6) is 11.5 Å². The van der Waals surface area contributed by atoms with Gasteiger partial charge in [-0.15, -0.1) is 0 Å². The maximum Gasteiger partial charge on any atom is 0.278 e. The molecule has 1 amide bonds. The number of carbonyl (C=O) groups is 1. The topological polar surface area (TPSA) is 73.6 Å². The third-order valence-electron chi connectivity index (χ3n) is 3.76. The van der Waals surface area contributed by atoms with E-state index in [1.807, 2.05) is 0 Å². The average molecular weight is 356 g/mol. The van der Waals surface area contributed by atoms with Crippen LogP contribution in [0.2, 0.25) is 0 Å². The standard InChI is InChI=1S/C19H17FN2O4/c1-12-13(11-25-16-9-5-3-7-14(16)20)18(22-26-12)19(23)21-15-8-4-6-10-17(15)24-2/h3-10H,11H2,1-2H3,(H,21,23). The number of carbonyl (C=O) groups excluding carboxylic acids is 1. The first-order valence-electron chi connectivity index (χ1n) is 7.87. The summed E-state index contributed by atoms with van der Waals surface area (Å²) in [6.45, 7) is 1.61. The number of nitrogens with zero attached hydrogens (tertiary/aromatic N) is 1. The van der Waals surface area contributed by atoms with Crippen molar-refractivity contribution in [2.45, 2.75) is 13.5 Å². The van der Waals surface area contributed by atoms with Gasteiger partial charge >= 0.3 is 0 Å². The first kappa shape index (κ1) is 17.5. The number of halogens is 1. The lowest BCUT2D eigenvalue weighted by molar-refractivity contribution is 0.101. The minimum absolute atomic E-state index is 0.0507. The largest absolute Gasteiger partial charge is 0.495 e. The second-order valence-electron chi connectivity index (χ2n) is 5.44. The van der Waals surface area contributed by atoms with Crippen LogP contribution in [-0.2, 0) is 6.61 Å². The zero-order chi connectivity index (χ0) is 18.5. The third-order valence-corrected chi connectivity index (χ3v) is 3.76. The number of benzene rings is 2. The molecule has 1 N–H and O–H groups in total. The van der Waals surface area contributed by atoms with Gasteiger partial charge in [0.2, 0.25) is 0 Å². The Balaban J connectivity index is 1.79. The number of nitrogens with one attached hydrogen (secondary N) is 1. The molecule has 3 rings (SSSR count). The number of rotatable bonds is 6. The highest BCUT2D eigenvalue weighted by Gasteiger charge is 2.21. The second kappa shape index (κ2) is 7.69. The molecular formula is C19H17FN2O4. The molecule has 0 saturated carbocycles. The number of ether oxygens (including phenoxy) is 2. The Hall–Kier alpha value is -3.35. The summed E-state index contributed by atoms with van der Waals surface area (Å²) < 4.78 is 29.5. The lowest BCUT2D eigenvalue weighted by Crippen LogP contribution is -2.16. The summed E-state index contributed by atoms with van der Waals surface area (Å²) in [6, 6.07) is 13.0. The molecule has 1 heterocycles. The van der Waals surface area contributed by atoms with Crippen LogP contribution in [0.4, 0.5) is 10.1 Å². The Kier molecular flexibility index (Phi) is 5.17. The van der Waals surface area contributed by atoms with Gasteiger partial charge in [0.25, 0.3) is 5.91 Å². The maximum atomic E-state index is 13.7. The number of aromatic nitrogens is 1. The molecule has 0 bridgehead atoms. The molecule has 26 heavy (non-hydrogen) atoms. The molecule has 7 heteroatoms. The minimum Gasteiger partial charge on any atom is -0.495 e. The highest BCUT2D eigenvalue weighted by molar-refractivity contribution is 6.04. The van der Waals surface area contributed by atoms with Crippen LogP contribution < -0.4 is 14.8 Å². The van der Waals surface area contributed by atoms with Crippen LogP contribution in [0.1, 0.15) is 21.8 Å². The van der Waals surface area contributed by atoms with Gasteiger partial charge in [-0.25, -0.2) is 4.39 Å². The van der Waals surface area contributed by atoms with Gasteiger partial charge in [-0.3, -0.25) is 4.79 Å². The summed E-state index contributed by atoms with van der Waals surface area (Å²) in [6.07, 6.45) is 0. The van der Waals surface area contributed by atoms with E-state index in [0.717, 1.165) is 0 Å². The predicted octanol–water partition coefficient (Wildman–Crippen LogP) is 3.96. The van der Waals surface area contributed by atoms with Gasteiger partial charge in [-0.05, 0) is 31.2 Å². The summed E-state index contributed by atoms with van der Waals surface area (Å²) in [5.41, 5.74) is 1.02. The number of hydrogen-bond acceptors (Lipinski definition) is 5. The Morgan fingerprint density at radius 3 is 2.58 bits per heavy atom. The molecule has 0 saturated heterocycles. The Labute approximate surface area is 149 Å². The van der Waals surface area contributed by atoms with Crippen LogP contribution in [-0.4, -0.2) is 18.2 Å². The molecule has 3 aromatic rings. The second-order valence-corrected chi connectivity index (χ2v) is 5.44. The average Bonchev–Trinajstić information content (AvgIpc) is 3.02. The highest BCUT2D eigenvalue weighted by atomic mass is 19.1. The quantitative estimate of drug-likeness (QED) is 0.724. The first-order valence-corrected chi connectivity index (χ1v) is 7.87. The Morgan fingerprint density at radius 2 is 1.85 bits per heavy atom. The number of anilines is 1. The number of aryl methyl sites for hydroxylation is 1. The van der Waals surface area contributed by atoms with Crippen LogP contribution in [0.3, 0.4) is 0 Å². The molecule has 134 valence electrons. The molecule has 0 radical (unpaired) electrons. The predicted molar refractivity (Wildman–Crippen MR) is 92.9 cm³/mol. The molecule has 0 aliphatic rings. The molecule has 0 unspecified atom stereocenters. The normalized spacial score (nSPS) is 10.4. The van der Waals surface area contributed by atoms with Gasteiger partial charge in [0.15, 0.2) is 17.3 Å². The smallest absolute Gasteiger partial charge is 0.278 e. The summed E-state index contributed by atoms with van der Waals surface area (Å²) in [5.74, 6) is 0.0704. The fourth-order valence-corrected chi connectivity index (χ4v) is 2.38. The summed E-state index contributed by atoms with van der Waals surface area (Å²) in [7, 11) is 1.51. The van der Waals surface area contributed by atoms with E-state index >= 15 is 0 Å². The molecule has 0 aliphatic carbocycles. The van der Waals surface area contributed by atoms with E-state index in [0.29, 0.717) is 22.8 Å². The van der Waals surface area contributed by atoms with Crippen LogP contribution in [0.15, 0.2) is 53.1 Å². The molecular weight excluding hydrogens is 339 g/mol. The van der Waals surface area contributed by atoms with Crippen molar-refractivity contribution >= 4 is 11.6 Å². The van der Waals surface area contributed by atoms with E-state index in [2.05, 4.69) is 10.5 Å². The van der Waals surface area contributed by atoms with E-state index in [1.54, 1.807) is 43.3 Å². The van der Waals surface area contributed by atoms with Crippen LogP contribution in [0.25, 0.3) is 0 Å². The first-order chi connectivity index (χ1) is 12.6. The van der Waals surface area contributed by atoms with Gasteiger partial charge in [-0.1, -0.05) is 29.4 Å². The van der Waals surface area contributed by atoms with Gasteiger partial charge in [0, 0.05) is 0 Å². The lowest BCUT2D eigenvalue weighted by Gasteiger charge is -2.10. The number of amides is 1. The molecule has 0 aliphatic heterocycles. The van der Waals surface area contributed by atoms with E-state index in [-0.39, 0.29) is 18.1 Å². The van der Waals surface area contributed by atoms with E-state index in [1.165, 1.54) is 19.2 Å².